The predicted octanol–water partition coefficient (Wildman–Crippen LogP) is 3.35. The van der Waals surface area contributed by atoms with Crippen LogP contribution in [0.2, 0.25) is 0 Å². The zero-order valence-electron chi connectivity index (χ0n) is 7.07. The summed E-state index contributed by atoms with van der Waals surface area (Å²) in [5.74, 6) is 0. The number of hydrogen-bond donors (Lipinski definition) is 0. The summed E-state index contributed by atoms with van der Waals surface area (Å²) in [4.78, 5) is 0. The lowest BCUT2D eigenvalue weighted by Gasteiger charge is -2.12. The van der Waals surface area contributed by atoms with E-state index in [4.69, 9.17) is 0 Å². The topological polar surface area (TPSA) is 0 Å². The Balaban J connectivity index is 3.40. The van der Waals surface area contributed by atoms with E-state index in [1.807, 2.05) is 0 Å². The molecule has 0 N–H and O–H groups in total. The monoisotopic (exact) mass is 185 g/mol. The van der Waals surface area contributed by atoms with E-state index in [2.05, 4.69) is 12.7 Å². The molecule has 0 saturated carbocycles. The van der Waals surface area contributed by atoms with Gasteiger partial charge in [-0.15, -0.1) is 0 Å². The summed E-state index contributed by atoms with van der Waals surface area (Å²) < 4.78 is 37.3. The third kappa shape index (κ3) is 1.91. The van der Waals surface area contributed by atoms with Crippen molar-refractivity contribution in [2.24, 2.45) is 0 Å². The van der Waals surface area contributed by atoms with E-state index in [9.17, 15) is 13.2 Å². The first-order valence-corrected chi connectivity index (χ1v) is 3.66. The summed E-state index contributed by atoms with van der Waals surface area (Å²) in [6, 6.07) is 4.32. The number of rotatable bonds is 1. The summed E-state index contributed by atoms with van der Waals surface area (Å²) in [7, 11) is 0. The Morgan fingerprint density at radius 2 is 1.92 bits per heavy atom. The van der Waals surface area contributed by atoms with E-state index < -0.39 is 11.7 Å². The Labute approximate surface area is 74.7 Å². The Morgan fingerprint density at radius 3 is 2.31 bits per heavy atom. The van der Waals surface area contributed by atoms with Gasteiger partial charge in [0.25, 0.3) is 0 Å². The second-order valence-electron chi connectivity index (χ2n) is 2.67. The molecule has 0 nitrogen and oxygen atoms in total. The van der Waals surface area contributed by atoms with Crippen molar-refractivity contribution >= 4 is 0 Å². The minimum atomic E-state index is -4.33. The summed E-state index contributed by atoms with van der Waals surface area (Å²) in [6.07, 6.45) is -2.06. The molecule has 1 aromatic carbocycles. The lowest BCUT2D eigenvalue weighted by Crippen LogP contribution is -2.09. The third-order valence-electron chi connectivity index (χ3n) is 1.75. The number of aryl methyl sites for hydroxylation is 1. The van der Waals surface area contributed by atoms with Crippen molar-refractivity contribution in [1.29, 1.82) is 0 Å². The highest BCUT2D eigenvalue weighted by Gasteiger charge is 2.34. The number of halogens is 3. The molecule has 1 radical (unpaired) electrons. The molecule has 0 aromatic heterocycles. The maximum atomic E-state index is 12.4. The fourth-order valence-corrected chi connectivity index (χ4v) is 1.19. The first kappa shape index (κ1) is 9.84. The van der Waals surface area contributed by atoms with Gasteiger partial charge in [-0.2, -0.15) is 13.2 Å². The van der Waals surface area contributed by atoms with E-state index in [1.165, 1.54) is 19.1 Å². The second kappa shape index (κ2) is 3.24. The van der Waals surface area contributed by atoms with E-state index in [0.29, 0.717) is 0 Å². The molecule has 0 fully saturated rings. The quantitative estimate of drug-likeness (QED) is 0.629. The largest absolute Gasteiger partial charge is 0.417 e. The summed E-state index contributed by atoms with van der Waals surface area (Å²) in [6.45, 7) is 4.64. The molecule has 0 bridgehead atoms. The van der Waals surface area contributed by atoms with Crippen molar-refractivity contribution in [3.63, 3.8) is 0 Å². The molecule has 0 aliphatic rings. The molecule has 0 unspecified atom stereocenters. The average Bonchev–Trinajstić information content (AvgIpc) is 2.01. The van der Waals surface area contributed by atoms with Crippen molar-refractivity contribution in [2.45, 2.75) is 13.1 Å². The zero-order chi connectivity index (χ0) is 10.1. The summed E-state index contributed by atoms with van der Waals surface area (Å²) >= 11 is 0. The van der Waals surface area contributed by atoms with Crippen LogP contribution in [0.3, 0.4) is 0 Å². The molecule has 0 heterocycles. The molecule has 13 heavy (non-hydrogen) atoms. The number of alkyl halides is 3. The van der Waals surface area contributed by atoms with Crippen LogP contribution in [0, 0.1) is 13.0 Å². The predicted molar refractivity (Wildman–Crippen MR) is 44.2 cm³/mol. The summed E-state index contributed by atoms with van der Waals surface area (Å²) in [5.41, 5.74) is -0.446. The van der Waals surface area contributed by atoms with Gasteiger partial charge in [-0.05, 0) is 24.1 Å². The first-order valence-electron chi connectivity index (χ1n) is 3.66. The van der Waals surface area contributed by atoms with Gasteiger partial charge in [0.05, 0.1) is 5.56 Å². The highest BCUT2D eigenvalue weighted by Crippen LogP contribution is 2.34. The average molecular weight is 185 g/mol. The van der Waals surface area contributed by atoms with Gasteiger partial charge in [0.2, 0.25) is 0 Å². The Kier molecular flexibility index (Phi) is 2.45. The van der Waals surface area contributed by atoms with Gasteiger partial charge in [-0.3, -0.25) is 0 Å². The third-order valence-corrected chi connectivity index (χ3v) is 1.75. The smallest absolute Gasteiger partial charge is 0.166 e. The van der Waals surface area contributed by atoms with E-state index in [-0.39, 0.29) is 11.1 Å². The van der Waals surface area contributed by atoms with Crippen LogP contribution in [0.25, 0.3) is 0 Å². The van der Waals surface area contributed by atoms with Crippen molar-refractivity contribution in [2.75, 3.05) is 0 Å². The molecule has 0 aliphatic heterocycles. The molecule has 0 atom stereocenters. The Bertz CT molecular complexity index is 323. The second-order valence-corrected chi connectivity index (χ2v) is 2.67. The fourth-order valence-electron chi connectivity index (χ4n) is 1.19. The summed E-state index contributed by atoms with van der Waals surface area (Å²) in [5, 5.41) is 0. The minimum Gasteiger partial charge on any atom is -0.166 e. The molecule has 3 heteroatoms. The van der Waals surface area contributed by atoms with Gasteiger partial charge in [0, 0.05) is 0 Å². The van der Waals surface area contributed by atoms with E-state index >= 15 is 0 Å². The highest BCUT2D eigenvalue weighted by molar-refractivity contribution is 5.39. The molecule has 0 aliphatic carbocycles. The molecular formula is C10H8F3. The number of benzene rings is 1. The van der Waals surface area contributed by atoms with Crippen molar-refractivity contribution in [3.8, 4) is 0 Å². The molecule has 69 valence electrons. The van der Waals surface area contributed by atoms with Gasteiger partial charge >= 0.3 is 6.18 Å². The van der Waals surface area contributed by atoms with E-state index in [1.54, 1.807) is 6.07 Å². The molecule has 0 amide bonds. The lowest BCUT2D eigenvalue weighted by molar-refractivity contribution is -0.138. The maximum Gasteiger partial charge on any atom is 0.417 e. The van der Waals surface area contributed by atoms with Crippen LogP contribution in [0.4, 0.5) is 13.2 Å². The molecule has 0 spiro atoms. The van der Waals surface area contributed by atoms with Gasteiger partial charge in [0.1, 0.15) is 0 Å². The van der Waals surface area contributed by atoms with Crippen molar-refractivity contribution < 1.29 is 13.2 Å². The Morgan fingerprint density at radius 1 is 1.31 bits per heavy atom. The van der Waals surface area contributed by atoms with Gasteiger partial charge < -0.3 is 0 Å². The van der Waals surface area contributed by atoms with Gasteiger partial charge in [-0.1, -0.05) is 24.8 Å². The number of hydrogen-bond acceptors (Lipinski definition) is 0. The maximum absolute atomic E-state index is 12.4. The van der Waals surface area contributed by atoms with Crippen LogP contribution in [0.1, 0.15) is 16.7 Å². The molecule has 1 aromatic rings. The standard InChI is InChI=1S/C10H8F3/c1-3-8-6-4-5-7(2)9(8)10(11,12)13/h4-6H,1H2,2H3. The molecule has 0 saturated heterocycles. The fraction of sp³-hybridized carbons (Fsp3) is 0.200. The van der Waals surface area contributed by atoms with E-state index in [0.717, 1.165) is 0 Å². The SMILES string of the molecule is C=[C]c1cccc(C)c1C(F)(F)F. The van der Waals surface area contributed by atoms with Gasteiger partial charge in [-0.25, -0.2) is 0 Å². The van der Waals surface area contributed by atoms with Crippen LogP contribution in [-0.2, 0) is 6.18 Å². The van der Waals surface area contributed by atoms with Crippen molar-refractivity contribution in [1.82, 2.24) is 0 Å². The van der Waals surface area contributed by atoms with Crippen molar-refractivity contribution in [3.05, 3.63) is 47.5 Å². The van der Waals surface area contributed by atoms with Crippen LogP contribution in [0.5, 0.6) is 0 Å². The minimum absolute atomic E-state index is 0.00694. The van der Waals surface area contributed by atoms with Crippen LogP contribution >= 0.6 is 0 Å². The normalized spacial score (nSPS) is 11.4. The van der Waals surface area contributed by atoms with Crippen LogP contribution < -0.4 is 0 Å². The highest BCUT2D eigenvalue weighted by atomic mass is 19.4. The molecule has 1 rings (SSSR count). The first-order chi connectivity index (χ1) is 5.96. The molecular weight excluding hydrogens is 177 g/mol. The lowest BCUT2D eigenvalue weighted by atomic mass is 10.0. The zero-order valence-corrected chi connectivity index (χ0v) is 7.07. The van der Waals surface area contributed by atoms with Crippen LogP contribution in [0.15, 0.2) is 24.8 Å². The Hall–Kier alpha value is -1.25. The van der Waals surface area contributed by atoms with Crippen LogP contribution in [-0.4, -0.2) is 0 Å². The van der Waals surface area contributed by atoms with Gasteiger partial charge in [0.15, 0.2) is 0 Å².